The average molecular weight is 341 g/mol. The van der Waals surface area contributed by atoms with E-state index in [1.807, 2.05) is 54.6 Å². The number of nitrogens with one attached hydrogen (secondary N) is 1. The maximum Gasteiger partial charge on any atom is 0.322 e. The van der Waals surface area contributed by atoms with Gasteiger partial charge in [-0.2, -0.15) is 0 Å². The number of benzene rings is 2. The Labute approximate surface area is 142 Å². The van der Waals surface area contributed by atoms with Gasteiger partial charge in [0.1, 0.15) is 17.4 Å². The van der Waals surface area contributed by atoms with Gasteiger partial charge < -0.3 is 10.4 Å². The Bertz CT molecular complexity index is 926. The third kappa shape index (κ3) is 3.07. The van der Waals surface area contributed by atoms with Gasteiger partial charge in [-0.3, -0.25) is 9.59 Å². The Balaban J connectivity index is 2.24. The first-order valence-electron chi connectivity index (χ1n) is 7.21. The summed E-state index contributed by atoms with van der Waals surface area (Å²) in [5.74, 6) is -1.71. The van der Waals surface area contributed by atoms with Gasteiger partial charge in [0.05, 0.1) is 0 Å². The fourth-order valence-corrected chi connectivity index (χ4v) is 2.77. The van der Waals surface area contributed by atoms with Gasteiger partial charge >= 0.3 is 5.97 Å². The van der Waals surface area contributed by atoms with Crippen molar-refractivity contribution in [1.29, 1.82) is 0 Å². The molecule has 0 unspecified atom stereocenters. The van der Waals surface area contributed by atoms with Crippen molar-refractivity contribution in [3.8, 4) is 11.1 Å². The number of fused-ring (bicyclic) bond motifs is 1. The Morgan fingerprint density at radius 3 is 2.29 bits per heavy atom. The van der Waals surface area contributed by atoms with Crippen LogP contribution in [0.3, 0.4) is 0 Å². The summed E-state index contributed by atoms with van der Waals surface area (Å²) in [7, 11) is 0. The van der Waals surface area contributed by atoms with E-state index in [0.717, 1.165) is 16.3 Å². The lowest BCUT2D eigenvalue weighted by atomic mass is 9.97. The Hall–Kier alpha value is -2.92. The topological polar surface area (TPSA) is 79.3 Å². The molecule has 0 fully saturated rings. The molecule has 2 aromatic carbocycles. The maximum atomic E-state index is 12.4. The van der Waals surface area contributed by atoms with Crippen LogP contribution in [0.1, 0.15) is 10.5 Å². The Morgan fingerprint density at radius 1 is 1.00 bits per heavy atom. The van der Waals surface area contributed by atoms with Crippen molar-refractivity contribution in [1.82, 2.24) is 10.3 Å². The molecule has 3 aromatic rings. The molecular formula is C18H13ClN2O3. The number of aliphatic carboxylic acids is 1. The number of pyridine rings is 1. The average Bonchev–Trinajstić information content (AvgIpc) is 2.60. The molecule has 120 valence electrons. The molecule has 3 rings (SSSR count). The first-order chi connectivity index (χ1) is 11.6. The van der Waals surface area contributed by atoms with E-state index in [0.29, 0.717) is 5.56 Å². The molecule has 0 saturated heterocycles. The number of aromatic nitrogens is 1. The second-order valence-electron chi connectivity index (χ2n) is 5.11. The summed E-state index contributed by atoms with van der Waals surface area (Å²) >= 11 is 6.22. The molecule has 1 aromatic heterocycles. The smallest absolute Gasteiger partial charge is 0.322 e. The lowest BCUT2D eigenvalue weighted by molar-refractivity contribution is -0.135. The molecule has 0 aliphatic carbocycles. The van der Waals surface area contributed by atoms with Gasteiger partial charge in [-0.1, -0.05) is 66.2 Å². The SMILES string of the molecule is O=C(O)CNC(=O)c1nc(Cl)c2ccccc2c1-c1ccccc1. The van der Waals surface area contributed by atoms with E-state index in [1.165, 1.54) is 0 Å². The van der Waals surface area contributed by atoms with Crippen molar-refractivity contribution in [3.05, 3.63) is 65.4 Å². The second-order valence-corrected chi connectivity index (χ2v) is 5.47. The van der Waals surface area contributed by atoms with Crippen LogP contribution in [-0.4, -0.2) is 28.5 Å². The highest BCUT2D eigenvalue weighted by atomic mass is 35.5. The summed E-state index contributed by atoms with van der Waals surface area (Å²) in [5.41, 5.74) is 1.53. The van der Waals surface area contributed by atoms with Crippen LogP contribution >= 0.6 is 11.6 Å². The van der Waals surface area contributed by atoms with Crippen LogP contribution in [0, 0.1) is 0 Å². The molecule has 5 nitrogen and oxygen atoms in total. The molecule has 0 aliphatic rings. The Morgan fingerprint density at radius 2 is 1.62 bits per heavy atom. The fourth-order valence-electron chi connectivity index (χ4n) is 2.52. The van der Waals surface area contributed by atoms with Crippen molar-refractivity contribution < 1.29 is 14.7 Å². The Kier molecular flexibility index (Phi) is 4.44. The minimum absolute atomic E-state index is 0.103. The summed E-state index contributed by atoms with van der Waals surface area (Å²) < 4.78 is 0. The predicted molar refractivity (Wildman–Crippen MR) is 92.2 cm³/mol. The number of carbonyl (C=O) groups is 2. The number of carbonyl (C=O) groups excluding carboxylic acids is 1. The van der Waals surface area contributed by atoms with Crippen LogP contribution in [0.4, 0.5) is 0 Å². The lowest BCUT2D eigenvalue weighted by Crippen LogP contribution is -2.30. The quantitative estimate of drug-likeness (QED) is 0.714. The molecular weight excluding hydrogens is 328 g/mol. The van der Waals surface area contributed by atoms with Crippen molar-refractivity contribution in [2.24, 2.45) is 0 Å². The van der Waals surface area contributed by atoms with Gasteiger partial charge in [0, 0.05) is 10.9 Å². The van der Waals surface area contributed by atoms with E-state index in [4.69, 9.17) is 16.7 Å². The fraction of sp³-hybridized carbons (Fsp3) is 0.0556. The zero-order chi connectivity index (χ0) is 17.1. The third-order valence-electron chi connectivity index (χ3n) is 3.54. The van der Waals surface area contributed by atoms with Gasteiger partial charge in [-0.15, -0.1) is 0 Å². The molecule has 6 heteroatoms. The molecule has 0 bridgehead atoms. The summed E-state index contributed by atoms with van der Waals surface area (Å²) in [5, 5.41) is 12.8. The minimum atomic E-state index is -1.13. The van der Waals surface area contributed by atoms with Crippen molar-refractivity contribution in [3.63, 3.8) is 0 Å². The number of rotatable bonds is 4. The van der Waals surface area contributed by atoms with Gasteiger partial charge in [0.15, 0.2) is 0 Å². The lowest BCUT2D eigenvalue weighted by Gasteiger charge is -2.13. The van der Waals surface area contributed by atoms with E-state index in [2.05, 4.69) is 10.3 Å². The first-order valence-corrected chi connectivity index (χ1v) is 7.59. The van der Waals surface area contributed by atoms with Crippen LogP contribution in [-0.2, 0) is 4.79 Å². The van der Waals surface area contributed by atoms with Crippen LogP contribution in [0.2, 0.25) is 5.15 Å². The molecule has 0 spiro atoms. The number of nitrogens with zero attached hydrogens (tertiary/aromatic N) is 1. The highest BCUT2D eigenvalue weighted by Gasteiger charge is 2.20. The van der Waals surface area contributed by atoms with Gasteiger partial charge in [-0.25, -0.2) is 4.98 Å². The highest BCUT2D eigenvalue weighted by Crippen LogP contribution is 2.34. The normalized spacial score (nSPS) is 10.5. The minimum Gasteiger partial charge on any atom is -0.480 e. The summed E-state index contributed by atoms with van der Waals surface area (Å²) in [6.07, 6.45) is 0. The van der Waals surface area contributed by atoms with E-state index >= 15 is 0 Å². The van der Waals surface area contributed by atoms with E-state index in [-0.39, 0.29) is 10.8 Å². The van der Waals surface area contributed by atoms with E-state index < -0.39 is 18.4 Å². The van der Waals surface area contributed by atoms with Gasteiger partial charge in [-0.05, 0) is 10.9 Å². The largest absolute Gasteiger partial charge is 0.480 e. The van der Waals surface area contributed by atoms with Crippen molar-refractivity contribution in [2.75, 3.05) is 6.54 Å². The number of amides is 1. The molecule has 0 atom stereocenters. The molecule has 1 amide bonds. The van der Waals surface area contributed by atoms with E-state index in [1.54, 1.807) is 0 Å². The molecule has 0 radical (unpaired) electrons. The van der Waals surface area contributed by atoms with Crippen LogP contribution < -0.4 is 5.32 Å². The number of carboxylic acid groups (broad SMARTS) is 1. The first kappa shape index (κ1) is 16.0. The molecule has 2 N–H and O–H groups in total. The zero-order valence-electron chi connectivity index (χ0n) is 12.5. The monoisotopic (exact) mass is 340 g/mol. The van der Waals surface area contributed by atoms with Gasteiger partial charge in [0.25, 0.3) is 5.91 Å². The summed E-state index contributed by atoms with van der Waals surface area (Å²) in [6.45, 7) is -0.487. The van der Waals surface area contributed by atoms with E-state index in [9.17, 15) is 9.59 Å². The van der Waals surface area contributed by atoms with Crippen molar-refractivity contribution in [2.45, 2.75) is 0 Å². The number of hydrogen-bond donors (Lipinski definition) is 2. The van der Waals surface area contributed by atoms with Crippen LogP contribution in [0.25, 0.3) is 21.9 Å². The van der Waals surface area contributed by atoms with Crippen LogP contribution in [0.5, 0.6) is 0 Å². The summed E-state index contributed by atoms with van der Waals surface area (Å²) in [4.78, 5) is 27.4. The van der Waals surface area contributed by atoms with Gasteiger partial charge in [0.2, 0.25) is 0 Å². The molecule has 0 saturated carbocycles. The number of hydrogen-bond acceptors (Lipinski definition) is 3. The zero-order valence-corrected chi connectivity index (χ0v) is 13.2. The summed E-state index contributed by atoms with van der Waals surface area (Å²) in [6, 6.07) is 16.7. The third-order valence-corrected chi connectivity index (χ3v) is 3.83. The molecule has 1 heterocycles. The highest BCUT2D eigenvalue weighted by molar-refractivity contribution is 6.35. The maximum absolute atomic E-state index is 12.4. The molecule has 0 aliphatic heterocycles. The number of carboxylic acids is 1. The van der Waals surface area contributed by atoms with Crippen molar-refractivity contribution >= 4 is 34.2 Å². The van der Waals surface area contributed by atoms with Crippen LogP contribution in [0.15, 0.2) is 54.6 Å². The predicted octanol–water partition coefficient (Wildman–Crippen LogP) is 3.37. The second kappa shape index (κ2) is 6.68. The number of halogens is 1. The molecule has 24 heavy (non-hydrogen) atoms. The standard InChI is InChI=1S/C18H13ClN2O3/c19-17-13-9-5-4-8-12(13)15(11-6-2-1-3-7-11)16(21-17)18(24)20-10-14(22)23/h1-9H,10H2,(H,20,24)(H,22,23).